The van der Waals surface area contributed by atoms with E-state index < -0.39 is 0 Å². The highest BCUT2D eigenvalue weighted by atomic mass is 16.5. The number of hydrogen-bond acceptors (Lipinski definition) is 4. The second-order valence-electron chi connectivity index (χ2n) is 6.84. The summed E-state index contributed by atoms with van der Waals surface area (Å²) in [6, 6.07) is 0.0431. The summed E-state index contributed by atoms with van der Waals surface area (Å²) in [5, 5.41) is 9.32. The van der Waals surface area contributed by atoms with Gasteiger partial charge in [0.1, 0.15) is 0 Å². The molecule has 0 aromatic heterocycles. The van der Waals surface area contributed by atoms with Crippen LogP contribution >= 0.6 is 0 Å². The van der Waals surface area contributed by atoms with Gasteiger partial charge in [-0.1, -0.05) is 0 Å². The Bertz CT molecular complexity index is 277. The molecule has 1 fully saturated rings. The van der Waals surface area contributed by atoms with Crippen LogP contribution in [0.4, 0.5) is 0 Å². The molecule has 4 heteroatoms. The topological polar surface area (TPSA) is 58.7 Å². The van der Waals surface area contributed by atoms with Crippen molar-refractivity contribution in [3.05, 3.63) is 0 Å². The van der Waals surface area contributed by atoms with Crippen LogP contribution in [-0.2, 0) is 4.74 Å². The van der Waals surface area contributed by atoms with Crippen molar-refractivity contribution < 1.29 is 9.84 Å². The molecule has 4 nitrogen and oxygen atoms in total. The second kappa shape index (κ2) is 5.45. The molecule has 0 aliphatic carbocycles. The van der Waals surface area contributed by atoms with E-state index >= 15 is 0 Å². The molecule has 1 rings (SSSR count). The molecule has 3 atom stereocenters. The van der Waals surface area contributed by atoms with Gasteiger partial charge in [0.25, 0.3) is 0 Å². The Labute approximate surface area is 111 Å². The molecule has 0 amide bonds. The van der Waals surface area contributed by atoms with Gasteiger partial charge in [-0.2, -0.15) is 0 Å². The second-order valence-corrected chi connectivity index (χ2v) is 6.84. The van der Waals surface area contributed by atoms with E-state index in [4.69, 9.17) is 10.5 Å². The summed E-state index contributed by atoms with van der Waals surface area (Å²) in [5.74, 6) is 0.312. The molecule has 1 aliphatic rings. The highest BCUT2D eigenvalue weighted by Crippen LogP contribution is 2.41. The van der Waals surface area contributed by atoms with Crippen molar-refractivity contribution in [2.24, 2.45) is 11.7 Å². The molecule has 3 N–H and O–H groups in total. The summed E-state index contributed by atoms with van der Waals surface area (Å²) in [7, 11) is 2.08. The summed E-state index contributed by atoms with van der Waals surface area (Å²) >= 11 is 0. The Hall–Kier alpha value is -0.160. The van der Waals surface area contributed by atoms with Crippen LogP contribution in [0.2, 0.25) is 0 Å². The van der Waals surface area contributed by atoms with Gasteiger partial charge in [-0.3, -0.25) is 0 Å². The predicted octanol–water partition coefficient (Wildman–Crippen LogP) is 1.22. The van der Waals surface area contributed by atoms with E-state index in [1.807, 2.05) is 6.92 Å². The summed E-state index contributed by atoms with van der Waals surface area (Å²) < 4.78 is 6.09. The Morgan fingerprint density at radius 3 is 2.22 bits per heavy atom. The summed E-state index contributed by atoms with van der Waals surface area (Å²) in [5.41, 5.74) is 5.88. The van der Waals surface area contributed by atoms with Gasteiger partial charge in [-0.25, -0.2) is 0 Å². The molecule has 0 spiro atoms. The Morgan fingerprint density at radius 1 is 1.28 bits per heavy atom. The standard InChI is InChI=1S/C14H30N2O2/c1-10(17)7-8-16(6)9-11-12(15)14(4,5)18-13(11,2)3/h10-12,17H,7-9,15H2,1-6H3. The smallest absolute Gasteiger partial charge is 0.0788 e. The number of ether oxygens (including phenoxy) is 1. The van der Waals surface area contributed by atoms with Crippen LogP contribution in [0.3, 0.4) is 0 Å². The minimum absolute atomic E-state index is 0.0431. The first-order valence-electron chi connectivity index (χ1n) is 6.88. The fraction of sp³-hybridized carbons (Fsp3) is 1.00. The number of hydrogen-bond donors (Lipinski definition) is 2. The zero-order valence-corrected chi connectivity index (χ0v) is 12.7. The Morgan fingerprint density at radius 2 is 1.83 bits per heavy atom. The molecule has 3 unspecified atom stereocenters. The maximum atomic E-state index is 9.32. The van der Waals surface area contributed by atoms with Crippen LogP contribution in [0, 0.1) is 5.92 Å². The minimum Gasteiger partial charge on any atom is -0.393 e. The van der Waals surface area contributed by atoms with Crippen LogP contribution in [0.1, 0.15) is 41.0 Å². The van der Waals surface area contributed by atoms with Crippen molar-refractivity contribution in [1.29, 1.82) is 0 Å². The number of nitrogens with two attached hydrogens (primary N) is 1. The molecule has 0 bridgehead atoms. The molecule has 1 saturated heterocycles. The molecule has 108 valence electrons. The van der Waals surface area contributed by atoms with Gasteiger partial charge in [0, 0.05) is 25.0 Å². The summed E-state index contributed by atoms with van der Waals surface area (Å²) in [4.78, 5) is 2.24. The fourth-order valence-corrected chi connectivity index (χ4v) is 2.91. The third-order valence-corrected chi connectivity index (χ3v) is 4.09. The highest BCUT2D eigenvalue weighted by molar-refractivity contribution is 5.04. The van der Waals surface area contributed by atoms with Crippen molar-refractivity contribution >= 4 is 0 Å². The third-order valence-electron chi connectivity index (χ3n) is 4.09. The van der Waals surface area contributed by atoms with Crippen molar-refractivity contribution in [2.75, 3.05) is 20.1 Å². The molecular weight excluding hydrogens is 228 g/mol. The number of nitrogens with zero attached hydrogens (tertiary/aromatic N) is 1. The van der Waals surface area contributed by atoms with Crippen molar-refractivity contribution in [1.82, 2.24) is 4.90 Å². The van der Waals surface area contributed by atoms with E-state index in [0.717, 1.165) is 19.5 Å². The van der Waals surface area contributed by atoms with Crippen LogP contribution in [0.15, 0.2) is 0 Å². The molecule has 1 aliphatic heterocycles. The molecule has 18 heavy (non-hydrogen) atoms. The average molecular weight is 258 g/mol. The van der Waals surface area contributed by atoms with E-state index in [0.29, 0.717) is 5.92 Å². The maximum absolute atomic E-state index is 9.32. The normalized spacial score (nSPS) is 31.8. The van der Waals surface area contributed by atoms with Crippen molar-refractivity contribution in [3.8, 4) is 0 Å². The lowest BCUT2D eigenvalue weighted by molar-refractivity contribution is -0.0781. The minimum atomic E-state index is -0.265. The van der Waals surface area contributed by atoms with Crippen LogP contribution < -0.4 is 5.73 Å². The molecule has 0 aromatic rings. The lowest BCUT2D eigenvalue weighted by Crippen LogP contribution is -2.47. The van der Waals surface area contributed by atoms with Gasteiger partial charge < -0.3 is 20.5 Å². The first kappa shape index (κ1) is 15.9. The third kappa shape index (κ3) is 3.67. The van der Waals surface area contributed by atoms with Crippen LogP contribution in [-0.4, -0.2) is 53.5 Å². The zero-order valence-electron chi connectivity index (χ0n) is 12.7. The van der Waals surface area contributed by atoms with Crippen molar-refractivity contribution in [2.45, 2.75) is 64.4 Å². The first-order valence-corrected chi connectivity index (χ1v) is 6.88. The SMILES string of the molecule is CC(O)CCN(C)CC1C(N)C(C)(C)OC1(C)C. The lowest BCUT2D eigenvalue weighted by atomic mass is 9.83. The van der Waals surface area contributed by atoms with E-state index in [1.165, 1.54) is 0 Å². The van der Waals surface area contributed by atoms with Gasteiger partial charge in [-0.05, 0) is 48.1 Å². The Balaban J connectivity index is 2.60. The van der Waals surface area contributed by atoms with Gasteiger partial charge in [0.2, 0.25) is 0 Å². The van der Waals surface area contributed by atoms with E-state index in [9.17, 15) is 5.11 Å². The maximum Gasteiger partial charge on any atom is 0.0788 e. The highest BCUT2D eigenvalue weighted by Gasteiger charge is 2.52. The predicted molar refractivity (Wildman–Crippen MR) is 74.5 cm³/mol. The van der Waals surface area contributed by atoms with Gasteiger partial charge in [0.15, 0.2) is 0 Å². The number of aliphatic hydroxyl groups excluding tert-OH is 1. The molecule has 1 heterocycles. The van der Waals surface area contributed by atoms with E-state index in [-0.39, 0.29) is 23.3 Å². The van der Waals surface area contributed by atoms with Crippen LogP contribution in [0.25, 0.3) is 0 Å². The summed E-state index contributed by atoms with van der Waals surface area (Å²) in [6.07, 6.45) is 0.550. The number of rotatable bonds is 5. The van der Waals surface area contributed by atoms with Gasteiger partial charge in [0.05, 0.1) is 17.3 Å². The Kier molecular flexibility index (Phi) is 4.81. The van der Waals surface area contributed by atoms with E-state index in [1.54, 1.807) is 0 Å². The quantitative estimate of drug-likeness (QED) is 0.778. The van der Waals surface area contributed by atoms with Crippen LogP contribution in [0.5, 0.6) is 0 Å². The fourth-order valence-electron chi connectivity index (χ4n) is 2.91. The molecule has 0 saturated carbocycles. The summed E-state index contributed by atoms with van der Waals surface area (Å²) in [6.45, 7) is 12.0. The zero-order chi connectivity index (χ0) is 14.1. The van der Waals surface area contributed by atoms with Crippen molar-refractivity contribution in [3.63, 3.8) is 0 Å². The monoisotopic (exact) mass is 258 g/mol. The lowest BCUT2D eigenvalue weighted by Gasteiger charge is -2.31. The molecular formula is C14H30N2O2. The number of aliphatic hydroxyl groups is 1. The van der Waals surface area contributed by atoms with Gasteiger partial charge in [-0.15, -0.1) is 0 Å². The van der Waals surface area contributed by atoms with Gasteiger partial charge >= 0.3 is 0 Å². The largest absolute Gasteiger partial charge is 0.393 e. The van der Waals surface area contributed by atoms with E-state index in [2.05, 4.69) is 39.6 Å². The molecule has 0 radical (unpaired) electrons. The first-order chi connectivity index (χ1) is 8.06. The molecule has 0 aromatic carbocycles. The average Bonchev–Trinajstić information content (AvgIpc) is 2.33.